The van der Waals surface area contributed by atoms with Crippen molar-refractivity contribution in [1.29, 1.82) is 0 Å². The Balaban J connectivity index is 2.17. The van der Waals surface area contributed by atoms with Gasteiger partial charge < -0.3 is 15.8 Å². The van der Waals surface area contributed by atoms with Gasteiger partial charge in [-0.2, -0.15) is 0 Å². The lowest BCUT2D eigenvalue weighted by Gasteiger charge is -1.92. The summed E-state index contributed by atoms with van der Waals surface area (Å²) in [6.07, 6.45) is 5.86. The number of H-pyrrole nitrogens is 1. The summed E-state index contributed by atoms with van der Waals surface area (Å²) in [6, 6.07) is 1.66. The van der Waals surface area contributed by atoms with Crippen LogP contribution in [0, 0.1) is 10.1 Å². The summed E-state index contributed by atoms with van der Waals surface area (Å²) in [5.74, 6) is 0.373. The van der Waals surface area contributed by atoms with E-state index in [4.69, 9.17) is 5.73 Å². The second kappa shape index (κ2) is 4.39. The summed E-state index contributed by atoms with van der Waals surface area (Å²) in [5, 5.41) is 10.4. The Morgan fingerprint density at radius 2 is 2.24 bits per heavy atom. The van der Waals surface area contributed by atoms with Crippen LogP contribution in [0.2, 0.25) is 0 Å². The summed E-state index contributed by atoms with van der Waals surface area (Å²) < 4.78 is 0. The number of imidazole rings is 1. The molecule has 86 valence electrons. The van der Waals surface area contributed by atoms with Crippen LogP contribution in [0.1, 0.15) is 11.5 Å². The lowest BCUT2D eigenvalue weighted by Crippen LogP contribution is -1.94. The molecule has 0 unspecified atom stereocenters. The molecular formula is C9H8N6O2. The molecule has 8 heteroatoms. The SMILES string of the molecule is Nc1nccc(C=Cc2ncc([N+](=O)[O-])[nH]2)n1. The van der Waals surface area contributed by atoms with E-state index in [1.807, 2.05) is 0 Å². The number of rotatable bonds is 3. The largest absolute Gasteiger partial charge is 0.368 e. The van der Waals surface area contributed by atoms with Crippen molar-refractivity contribution in [2.24, 2.45) is 0 Å². The van der Waals surface area contributed by atoms with Crippen LogP contribution in [0.4, 0.5) is 11.8 Å². The van der Waals surface area contributed by atoms with E-state index in [9.17, 15) is 10.1 Å². The molecular weight excluding hydrogens is 224 g/mol. The smallest absolute Gasteiger partial charge is 0.340 e. The predicted molar refractivity (Wildman–Crippen MR) is 60.6 cm³/mol. The van der Waals surface area contributed by atoms with Gasteiger partial charge in [-0.3, -0.25) is 0 Å². The highest BCUT2D eigenvalue weighted by molar-refractivity contribution is 5.65. The minimum Gasteiger partial charge on any atom is -0.368 e. The van der Waals surface area contributed by atoms with Crippen LogP contribution < -0.4 is 5.73 Å². The predicted octanol–water partition coefficient (Wildman–Crippen LogP) is 0.860. The molecule has 0 amide bonds. The van der Waals surface area contributed by atoms with E-state index in [-0.39, 0.29) is 11.8 Å². The highest BCUT2D eigenvalue weighted by atomic mass is 16.6. The molecule has 0 aliphatic heterocycles. The third-order valence-electron chi connectivity index (χ3n) is 1.89. The average Bonchev–Trinajstić information content (AvgIpc) is 2.75. The fourth-order valence-electron chi connectivity index (χ4n) is 1.15. The molecule has 0 aromatic carbocycles. The first kappa shape index (κ1) is 10.7. The van der Waals surface area contributed by atoms with Crippen LogP contribution in [-0.4, -0.2) is 24.9 Å². The lowest BCUT2D eigenvalue weighted by molar-refractivity contribution is -0.389. The van der Waals surface area contributed by atoms with Gasteiger partial charge in [-0.1, -0.05) is 0 Å². The van der Waals surface area contributed by atoms with E-state index in [1.54, 1.807) is 18.2 Å². The van der Waals surface area contributed by atoms with E-state index in [2.05, 4.69) is 19.9 Å². The van der Waals surface area contributed by atoms with E-state index >= 15 is 0 Å². The maximum absolute atomic E-state index is 10.4. The van der Waals surface area contributed by atoms with E-state index in [1.165, 1.54) is 6.20 Å². The van der Waals surface area contributed by atoms with Gasteiger partial charge in [0, 0.05) is 12.3 Å². The van der Waals surface area contributed by atoms with Crippen molar-refractivity contribution in [3.63, 3.8) is 0 Å². The number of aromatic amines is 1. The van der Waals surface area contributed by atoms with E-state index in [0.29, 0.717) is 11.5 Å². The van der Waals surface area contributed by atoms with Crippen molar-refractivity contribution in [3.8, 4) is 0 Å². The third-order valence-corrected chi connectivity index (χ3v) is 1.89. The number of nitrogens with one attached hydrogen (secondary N) is 1. The Bertz CT molecular complexity index is 576. The molecule has 3 N–H and O–H groups in total. The number of hydrogen-bond donors (Lipinski definition) is 2. The number of nitrogens with two attached hydrogens (primary N) is 1. The first-order valence-corrected chi connectivity index (χ1v) is 4.61. The monoisotopic (exact) mass is 232 g/mol. The van der Waals surface area contributed by atoms with Gasteiger partial charge in [-0.25, -0.2) is 19.9 Å². The summed E-state index contributed by atoms with van der Waals surface area (Å²) >= 11 is 0. The van der Waals surface area contributed by atoms with Gasteiger partial charge >= 0.3 is 5.82 Å². The van der Waals surface area contributed by atoms with Crippen LogP contribution in [0.5, 0.6) is 0 Å². The van der Waals surface area contributed by atoms with Crippen molar-refractivity contribution >= 4 is 23.9 Å². The van der Waals surface area contributed by atoms with Gasteiger partial charge in [0.15, 0.2) is 0 Å². The Kier molecular flexibility index (Phi) is 2.77. The van der Waals surface area contributed by atoms with Crippen molar-refractivity contribution in [2.45, 2.75) is 0 Å². The molecule has 0 fully saturated rings. The molecule has 2 aromatic heterocycles. The van der Waals surface area contributed by atoms with Gasteiger partial charge in [0.05, 0.1) is 5.69 Å². The first-order valence-electron chi connectivity index (χ1n) is 4.61. The zero-order valence-electron chi connectivity index (χ0n) is 8.57. The first-order chi connectivity index (χ1) is 8.15. The Morgan fingerprint density at radius 1 is 1.41 bits per heavy atom. The van der Waals surface area contributed by atoms with Gasteiger partial charge in [0.2, 0.25) is 11.8 Å². The fourth-order valence-corrected chi connectivity index (χ4v) is 1.15. The van der Waals surface area contributed by atoms with Gasteiger partial charge in [-0.05, 0) is 17.1 Å². The second-order valence-corrected chi connectivity index (χ2v) is 3.08. The third kappa shape index (κ3) is 2.62. The van der Waals surface area contributed by atoms with Crippen molar-refractivity contribution in [1.82, 2.24) is 19.9 Å². The Labute approximate surface area is 95.4 Å². The Morgan fingerprint density at radius 3 is 2.88 bits per heavy atom. The Hall–Kier alpha value is -2.77. The topological polar surface area (TPSA) is 124 Å². The molecule has 2 heterocycles. The normalized spacial score (nSPS) is 10.8. The number of nitro groups is 1. The molecule has 0 aliphatic carbocycles. The zero-order chi connectivity index (χ0) is 12.3. The quantitative estimate of drug-likeness (QED) is 0.597. The van der Waals surface area contributed by atoms with Crippen LogP contribution in [-0.2, 0) is 0 Å². The highest BCUT2D eigenvalue weighted by Crippen LogP contribution is 2.09. The lowest BCUT2D eigenvalue weighted by atomic mass is 10.3. The summed E-state index contributed by atoms with van der Waals surface area (Å²) in [5.41, 5.74) is 6.00. The van der Waals surface area contributed by atoms with Crippen LogP contribution in [0.25, 0.3) is 12.2 Å². The van der Waals surface area contributed by atoms with Crippen molar-refractivity contribution in [2.75, 3.05) is 5.73 Å². The average molecular weight is 232 g/mol. The maximum atomic E-state index is 10.4. The van der Waals surface area contributed by atoms with E-state index in [0.717, 1.165) is 6.20 Å². The minimum absolute atomic E-state index is 0.160. The number of aromatic nitrogens is 4. The zero-order valence-corrected chi connectivity index (χ0v) is 8.57. The van der Waals surface area contributed by atoms with Crippen molar-refractivity contribution < 1.29 is 4.92 Å². The molecule has 2 aromatic rings. The summed E-state index contributed by atoms with van der Waals surface area (Å²) in [7, 11) is 0. The number of nitrogen functional groups attached to an aromatic ring is 1. The number of anilines is 1. The summed E-state index contributed by atoms with van der Waals surface area (Å²) in [6.45, 7) is 0. The minimum atomic E-state index is -0.549. The summed E-state index contributed by atoms with van der Waals surface area (Å²) in [4.78, 5) is 23.9. The molecule has 0 bridgehead atoms. The van der Waals surface area contributed by atoms with Gasteiger partial charge in [-0.15, -0.1) is 0 Å². The molecule has 8 nitrogen and oxygen atoms in total. The molecule has 0 spiro atoms. The molecule has 0 saturated heterocycles. The molecule has 2 rings (SSSR count). The van der Waals surface area contributed by atoms with E-state index < -0.39 is 4.92 Å². The van der Waals surface area contributed by atoms with Crippen molar-refractivity contribution in [3.05, 3.63) is 40.1 Å². The molecule has 0 radical (unpaired) electrons. The van der Waals surface area contributed by atoms with Crippen LogP contribution in [0.15, 0.2) is 18.5 Å². The van der Waals surface area contributed by atoms with Gasteiger partial charge in [0.25, 0.3) is 0 Å². The molecule has 0 saturated carbocycles. The van der Waals surface area contributed by atoms with Crippen LogP contribution in [0.3, 0.4) is 0 Å². The standard InChI is InChI=1S/C9H8N6O2/c10-9-11-4-3-6(13-9)1-2-7-12-5-8(14-7)15(16)17/h1-5H,(H,12,14)(H2,10,11,13). The number of nitrogens with zero attached hydrogens (tertiary/aromatic N) is 4. The fraction of sp³-hybridized carbons (Fsp3) is 0. The second-order valence-electron chi connectivity index (χ2n) is 3.08. The van der Waals surface area contributed by atoms with Crippen LogP contribution >= 0.6 is 0 Å². The molecule has 0 aliphatic rings. The highest BCUT2D eigenvalue weighted by Gasteiger charge is 2.06. The van der Waals surface area contributed by atoms with Gasteiger partial charge in [0.1, 0.15) is 6.20 Å². The molecule has 17 heavy (non-hydrogen) atoms. The molecule has 0 atom stereocenters. The number of hydrogen-bond acceptors (Lipinski definition) is 6. The maximum Gasteiger partial charge on any atom is 0.340 e.